The lowest BCUT2D eigenvalue weighted by Crippen LogP contribution is -2.15. The third-order valence-electron chi connectivity index (χ3n) is 2.86. The van der Waals surface area contributed by atoms with E-state index >= 15 is 0 Å². The zero-order valence-electron chi connectivity index (χ0n) is 10.8. The highest BCUT2D eigenvalue weighted by molar-refractivity contribution is 9.10. The van der Waals surface area contributed by atoms with E-state index in [-0.39, 0.29) is 10.9 Å². The van der Waals surface area contributed by atoms with E-state index in [1.54, 1.807) is 24.3 Å². The lowest BCUT2D eigenvalue weighted by Gasteiger charge is -2.09. The van der Waals surface area contributed by atoms with Gasteiger partial charge in [-0.05, 0) is 36.8 Å². The number of benzene rings is 2. The minimum Gasteiger partial charge on any atom is -0.389 e. The zero-order valence-corrected chi connectivity index (χ0v) is 13.2. The highest BCUT2D eigenvalue weighted by Gasteiger charge is 2.09. The first kappa shape index (κ1) is 14.7. The smallest absolute Gasteiger partial charge is 0.255 e. The fourth-order valence-corrected chi connectivity index (χ4v) is 2.23. The van der Waals surface area contributed by atoms with Crippen LogP contribution in [-0.2, 0) is 0 Å². The second-order valence-corrected chi connectivity index (χ2v) is 5.71. The van der Waals surface area contributed by atoms with Gasteiger partial charge in [0, 0.05) is 21.3 Å². The number of amides is 1. The van der Waals surface area contributed by atoms with Crippen molar-refractivity contribution in [2.75, 3.05) is 5.32 Å². The standard InChI is InChI=1S/C15H13BrN2OS/c1-9-5-6-12(16)8-13(9)18-15(19)11-4-2-3-10(7-11)14(17)20/h2-8H,1H3,(H2,17,20)(H,18,19). The van der Waals surface area contributed by atoms with Crippen molar-refractivity contribution in [2.24, 2.45) is 5.73 Å². The predicted octanol–water partition coefficient (Wildman–Crippen LogP) is 3.64. The number of nitrogens with two attached hydrogens (primary N) is 1. The van der Waals surface area contributed by atoms with Crippen LogP contribution in [0.4, 0.5) is 5.69 Å². The van der Waals surface area contributed by atoms with Gasteiger partial charge in [-0.3, -0.25) is 4.79 Å². The second-order valence-electron chi connectivity index (χ2n) is 4.36. The van der Waals surface area contributed by atoms with Crippen LogP contribution < -0.4 is 11.1 Å². The molecule has 0 saturated carbocycles. The lowest BCUT2D eigenvalue weighted by atomic mass is 10.1. The Kier molecular flexibility index (Phi) is 4.52. The number of thiocarbonyl (C=S) groups is 1. The van der Waals surface area contributed by atoms with E-state index in [1.807, 2.05) is 25.1 Å². The van der Waals surface area contributed by atoms with Gasteiger partial charge in [-0.2, -0.15) is 0 Å². The summed E-state index contributed by atoms with van der Waals surface area (Å²) in [6, 6.07) is 12.7. The topological polar surface area (TPSA) is 55.1 Å². The quantitative estimate of drug-likeness (QED) is 0.832. The molecule has 2 aromatic rings. The Morgan fingerprint density at radius 1 is 1.20 bits per heavy atom. The molecule has 0 unspecified atom stereocenters. The molecule has 1 amide bonds. The van der Waals surface area contributed by atoms with Crippen molar-refractivity contribution in [3.63, 3.8) is 0 Å². The van der Waals surface area contributed by atoms with Crippen molar-refractivity contribution < 1.29 is 4.79 Å². The molecule has 0 heterocycles. The summed E-state index contributed by atoms with van der Waals surface area (Å²) in [5, 5.41) is 2.88. The van der Waals surface area contributed by atoms with E-state index in [0.29, 0.717) is 11.1 Å². The minimum atomic E-state index is -0.190. The molecule has 0 aliphatic rings. The Morgan fingerprint density at radius 2 is 1.90 bits per heavy atom. The molecule has 0 aliphatic heterocycles. The summed E-state index contributed by atoms with van der Waals surface area (Å²) in [6.45, 7) is 1.94. The molecular weight excluding hydrogens is 336 g/mol. The van der Waals surface area contributed by atoms with Crippen molar-refractivity contribution in [3.05, 3.63) is 63.6 Å². The summed E-state index contributed by atoms with van der Waals surface area (Å²) >= 11 is 8.30. The van der Waals surface area contributed by atoms with Gasteiger partial charge in [-0.25, -0.2) is 0 Å². The number of hydrogen-bond acceptors (Lipinski definition) is 2. The van der Waals surface area contributed by atoms with Crippen LogP contribution in [0.15, 0.2) is 46.9 Å². The van der Waals surface area contributed by atoms with Crippen LogP contribution in [0, 0.1) is 6.92 Å². The molecule has 0 bridgehead atoms. The third kappa shape index (κ3) is 3.43. The molecule has 3 nitrogen and oxygen atoms in total. The average Bonchev–Trinajstić information content (AvgIpc) is 2.43. The van der Waals surface area contributed by atoms with Crippen LogP contribution in [0.2, 0.25) is 0 Å². The Balaban J connectivity index is 2.26. The molecule has 0 spiro atoms. The number of anilines is 1. The van der Waals surface area contributed by atoms with Crippen molar-refractivity contribution in [2.45, 2.75) is 6.92 Å². The van der Waals surface area contributed by atoms with Gasteiger partial charge in [-0.15, -0.1) is 0 Å². The molecule has 0 aromatic heterocycles. The average molecular weight is 349 g/mol. The van der Waals surface area contributed by atoms with Crippen LogP contribution in [0.1, 0.15) is 21.5 Å². The number of rotatable bonds is 3. The number of carbonyl (C=O) groups excluding carboxylic acids is 1. The van der Waals surface area contributed by atoms with E-state index in [0.717, 1.165) is 15.7 Å². The number of halogens is 1. The Hall–Kier alpha value is -1.72. The maximum Gasteiger partial charge on any atom is 0.255 e. The molecule has 5 heteroatoms. The van der Waals surface area contributed by atoms with E-state index in [9.17, 15) is 4.79 Å². The van der Waals surface area contributed by atoms with Crippen LogP contribution in [0.5, 0.6) is 0 Å². The van der Waals surface area contributed by atoms with Crippen molar-refractivity contribution in [1.29, 1.82) is 0 Å². The van der Waals surface area contributed by atoms with Gasteiger partial charge in [0.1, 0.15) is 4.99 Å². The Morgan fingerprint density at radius 3 is 2.60 bits per heavy atom. The SMILES string of the molecule is Cc1ccc(Br)cc1NC(=O)c1cccc(C(N)=S)c1. The number of hydrogen-bond donors (Lipinski definition) is 2. The molecular formula is C15H13BrN2OS. The van der Waals surface area contributed by atoms with Crippen LogP contribution in [0.25, 0.3) is 0 Å². The summed E-state index contributed by atoms with van der Waals surface area (Å²) < 4.78 is 0.912. The fourth-order valence-electron chi connectivity index (χ4n) is 1.74. The van der Waals surface area contributed by atoms with Gasteiger partial charge in [0.25, 0.3) is 5.91 Å². The summed E-state index contributed by atoms with van der Waals surface area (Å²) in [7, 11) is 0. The lowest BCUT2D eigenvalue weighted by molar-refractivity contribution is 0.102. The van der Waals surface area contributed by atoms with Crippen LogP contribution >= 0.6 is 28.1 Å². The maximum atomic E-state index is 12.2. The van der Waals surface area contributed by atoms with Crippen LogP contribution in [0.3, 0.4) is 0 Å². The van der Waals surface area contributed by atoms with Crippen molar-refractivity contribution in [3.8, 4) is 0 Å². The van der Waals surface area contributed by atoms with Gasteiger partial charge in [0.05, 0.1) is 0 Å². The molecule has 0 fully saturated rings. The molecule has 0 atom stereocenters. The number of aryl methyl sites for hydroxylation is 1. The molecule has 0 radical (unpaired) electrons. The molecule has 2 rings (SSSR count). The number of nitrogens with one attached hydrogen (secondary N) is 1. The van der Waals surface area contributed by atoms with E-state index in [2.05, 4.69) is 21.2 Å². The largest absolute Gasteiger partial charge is 0.389 e. The molecule has 0 saturated heterocycles. The Bertz CT molecular complexity index is 685. The van der Waals surface area contributed by atoms with Gasteiger partial charge < -0.3 is 11.1 Å². The van der Waals surface area contributed by atoms with E-state index in [1.165, 1.54) is 0 Å². The molecule has 20 heavy (non-hydrogen) atoms. The highest BCUT2D eigenvalue weighted by Crippen LogP contribution is 2.21. The minimum absolute atomic E-state index is 0.190. The predicted molar refractivity (Wildman–Crippen MR) is 89.2 cm³/mol. The summed E-state index contributed by atoms with van der Waals surface area (Å²) in [6.07, 6.45) is 0. The molecule has 3 N–H and O–H groups in total. The summed E-state index contributed by atoms with van der Waals surface area (Å²) in [4.78, 5) is 12.5. The molecule has 2 aromatic carbocycles. The van der Waals surface area contributed by atoms with E-state index in [4.69, 9.17) is 18.0 Å². The normalized spacial score (nSPS) is 10.1. The highest BCUT2D eigenvalue weighted by atomic mass is 79.9. The first-order valence-corrected chi connectivity index (χ1v) is 7.15. The van der Waals surface area contributed by atoms with Gasteiger partial charge in [0.15, 0.2) is 0 Å². The van der Waals surface area contributed by atoms with Gasteiger partial charge in [-0.1, -0.05) is 46.3 Å². The summed E-state index contributed by atoms with van der Waals surface area (Å²) in [5.41, 5.74) is 8.54. The first-order valence-electron chi connectivity index (χ1n) is 5.95. The van der Waals surface area contributed by atoms with Crippen LogP contribution in [-0.4, -0.2) is 10.9 Å². The van der Waals surface area contributed by atoms with Crippen molar-refractivity contribution in [1.82, 2.24) is 0 Å². The van der Waals surface area contributed by atoms with Gasteiger partial charge in [0.2, 0.25) is 0 Å². The summed E-state index contributed by atoms with van der Waals surface area (Å²) in [5.74, 6) is -0.190. The van der Waals surface area contributed by atoms with Gasteiger partial charge >= 0.3 is 0 Å². The second kappa shape index (κ2) is 6.15. The molecule has 0 aliphatic carbocycles. The number of carbonyl (C=O) groups is 1. The van der Waals surface area contributed by atoms with E-state index < -0.39 is 0 Å². The third-order valence-corrected chi connectivity index (χ3v) is 3.59. The zero-order chi connectivity index (χ0) is 14.7. The Labute approximate surface area is 131 Å². The fraction of sp³-hybridized carbons (Fsp3) is 0.0667. The first-order chi connectivity index (χ1) is 9.47. The maximum absolute atomic E-state index is 12.2. The van der Waals surface area contributed by atoms with Crippen molar-refractivity contribution >= 4 is 44.7 Å². The monoisotopic (exact) mass is 348 g/mol. The molecule has 102 valence electrons.